The maximum atomic E-state index is 13.0. The number of carbonyl (C=O) groups excluding carboxylic acids is 2. The molecule has 0 saturated carbocycles. The number of esters is 1. The molecule has 1 N–H and O–H groups in total. The number of aryl methyl sites for hydroxylation is 1. The minimum absolute atomic E-state index is 0.0204. The van der Waals surface area contributed by atoms with E-state index in [1.807, 2.05) is 24.3 Å². The number of amides is 1. The molecule has 3 aromatic rings. The Labute approximate surface area is 183 Å². The van der Waals surface area contributed by atoms with Crippen molar-refractivity contribution in [3.05, 3.63) is 65.4 Å². The fourth-order valence-corrected chi connectivity index (χ4v) is 3.92. The standard InChI is InChI=1S/C24H22F2N2O4/c1-14-6-11-20-18(12-14)22(17-4-2-3-5-19(17)28-20)23(30)31-13-21(29)27-15-7-9-16(10-8-15)32-24(25)26/h2-5,7-10,14,24H,6,11-13H2,1H3,(H,27,29)/t14-/m1/s1. The number of ether oxygens (including phenoxy) is 2. The molecule has 0 unspecified atom stereocenters. The summed E-state index contributed by atoms with van der Waals surface area (Å²) in [5.74, 6) is -0.698. The van der Waals surface area contributed by atoms with Crippen LogP contribution in [-0.2, 0) is 22.4 Å². The van der Waals surface area contributed by atoms with Crippen LogP contribution < -0.4 is 10.1 Å². The number of hydrogen-bond acceptors (Lipinski definition) is 5. The van der Waals surface area contributed by atoms with Gasteiger partial charge in [-0.2, -0.15) is 8.78 Å². The molecule has 166 valence electrons. The number of nitrogens with zero attached hydrogens (tertiary/aromatic N) is 1. The van der Waals surface area contributed by atoms with E-state index in [4.69, 9.17) is 9.72 Å². The molecule has 2 aromatic carbocycles. The van der Waals surface area contributed by atoms with Crippen molar-refractivity contribution in [2.24, 2.45) is 5.92 Å². The molecule has 0 radical (unpaired) electrons. The van der Waals surface area contributed by atoms with E-state index in [0.717, 1.165) is 36.0 Å². The maximum Gasteiger partial charge on any atom is 0.387 e. The van der Waals surface area contributed by atoms with Gasteiger partial charge in [-0.1, -0.05) is 25.1 Å². The molecule has 4 rings (SSSR count). The lowest BCUT2D eigenvalue weighted by Gasteiger charge is -2.24. The van der Waals surface area contributed by atoms with E-state index < -0.39 is 25.1 Å². The van der Waals surface area contributed by atoms with Crippen molar-refractivity contribution in [2.45, 2.75) is 32.8 Å². The third kappa shape index (κ3) is 4.85. The Balaban J connectivity index is 1.47. The molecule has 0 saturated heterocycles. The minimum Gasteiger partial charge on any atom is -0.452 e. The number of pyridine rings is 1. The van der Waals surface area contributed by atoms with Gasteiger partial charge in [0.2, 0.25) is 0 Å². The van der Waals surface area contributed by atoms with Gasteiger partial charge in [-0.25, -0.2) is 4.79 Å². The highest BCUT2D eigenvalue weighted by Gasteiger charge is 2.26. The van der Waals surface area contributed by atoms with Gasteiger partial charge in [0.25, 0.3) is 5.91 Å². The molecular formula is C24H22F2N2O4. The Hall–Kier alpha value is -3.55. The van der Waals surface area contributed by atoms with Crippen molar-refractivity contribution in [1.82, 2.24) is 4.98 Å². The fraction of sp³-hybridized carbons (Fsp3) is 0.292. The Morgan fingerprint density at radius 2 is 1.91 bits per heavy atom. The first-order chi connectivity index (χ1) is 15.4. The smallest absolute Gasteiger partial charge is 0.387 e. The zero-order valence-electron chi connectivity index (χ0n) is 17.4. The average Bonchev–Trinajstić information content (AvgIpc) is 2.77. The van der Waals surface area contributed by atoms with Crippen molar-refractivity contribution in [2.75, 3.05) is 11.9 Å². The largest absolute Gasteiger partial charge is 0.452 e. The van der Waals surface area contributed by atoms with Gasteiger partial charge in [-0.05, 0) is 61.1 Å². The molecule has 1 atom stereocenters. The van der Waals surface area contributed by atoms with Crippen LogP contribution in [0.3, 0.4) is 0 Å². The van der Waals surface area contributed by atoms with Crippen molar-refractivity contribution >= 4 is 28.5 Å². The molecule has 32 heavy (non-hydrogen) atoms. The van der Waals surface area contributed by atoms with Crippen molar-refractivity contribution < 1.29 is 27.8 Å². The van der Waals surface area contributed by atoms with E-state index in [2.05, 4.69) is 17.0 Å². The minimum atomic E-state index is -2.92. The van der Waals surface area contributed by atoms with Crippen LogP contribution >= 0.6 is 0 Å². The number of aromatic nitrogens is 1. The summed E-state index contributed by atoms with van der Waals surface area (Å²) in [4.78, 5) is 30.0. The lowest BCUT2D eigenvalue weighted by Crippen LogP contribution is -2.23. The fourth-order valence-electron chi connectivity index (χ4n) is 3.92. The zero-order chi connectivity index (χ0) is 22.7. The number of para-hydroxylation sites is 1. The molecular weight excluding hydrogens is 418 g/mol. The normalized spacial score (nSPS) is 15.3. The van der Waals surface area contributed by atoms with E-state index >= 15 is 0 Å². The molecule has 1 amide bonds. The van der Waals surface area contributed by atoms with Gasteiger partial charge >= 0.3 is 12.6 Å². The number of anilines is 1. The molecule has 0 spiro atoms. The van der Waals surface area contributed by atoms with Gasteiger partial charge < -0.3 is 14.8 Å². The number of halogens is 2. The first-order valence-electron chi connectivity index (χ1n) is 10.3. The Morgan fingerprint density at radius 1 is 1.16 bits per heavy atom. The van der Waals surface area contributed by atoms with E-state index in [1.54, 1.807) is 0 Å². The average molecular weight is 440 g/mol. The maximum absolute atomic E-state index is 13.0. The molecule has 8 heteroatoms. The number of benzene rings is 2. The summed E-state index contributed by atoms with van der Waals surface area (Å²) < 4.78 is 34.1. The van der Waals surface area contributed by atoms with Gasteiger partial charge in [-0.3, -0.25) is 9.78 Å². The first-order valence-corrected chi connectivity index (χ1v) is 10.3. The summed E-state index contributed by atoms with van der Waals surface area (Å²) in [5, 5.41) is 3.27. The predicted octanol–water partition coefficient (Wildman–Crippen LogP) is 4.76. The summed E-state index contributed by atoms with van der Waals surface area (Å²) >= 11 is 0. The SMILES string of the molecule is C[C@@H]1CCc2nc3ccccc3c(C(=O)OCC(=O)Nc3ccc(OC(F)F)cc3)c2C1. The molecule has 1 aliphatic carbocycles. The summed E-state index contributed by atoms with van der Waals surface area (Å²) in [5.41, 5.74) is 3.36. The molecule has 1 aromatic heterocycles. The molecule has 1 heterocycles. The number of hydrogen-bond donors (Lipinski definition) is 1. The summed E-state index contributed by atoms with van der Waals surface area (Å²) in [6.45, 7) is -1.26. The van der Waals surface area contributed by atoms with Crippen molar-refractivity contribution in [1.29, 1.82) is 0 Å². The Bertz CT molecular complexity index is 1150. The number of rotatable bonds is 6. The number of fused-ring (bicyclic) bond motifs is 2. The first kappa shape index (κ1) is 21.7. The van der Waals surface area contributed by atoms with Crippen LogP contribution in [0.4, 0.5) is 14.5 Å². The van der Waals surface area contributed by atoms with Crippen LogP contribution in [-0.4, -0.2) is 30.1 Å². The van der Waals surface area contributed by atoms with Gasteiger partial charge in [0.15, 0.2) is 6.61 Å². The Morgan fingerprint density at radius 3 is 2.66 bits per heavy atom. The summed E-state index contributed by atoms with van der Waals surface area (Å²) in [7, 11) is 0. The number of alkyl halides is 2. The molecule has 0 bridgehead atoms. The van der Waals surface area contributed by atoms with Gasteiger partial charge in [-0.15, -0.1) is 0 Å². The van der Waals surface area contributed by atoms with E-state index in [-0.39, 0.29) is 5.75 Å². The molecule has 0 aliphatic heterocycles. The third-order valence-corrected chi connectivity index (χ3v) is 5.41. The van der Waals surface area contributed by atoms with Crippen LogP contribution in [0.25, 0.3) is 10.9 Å². The summed E-state index contributed by atoms with van der Waals surface area (Å²) in [6, 6.07) is 12.9. The lowest BCUT2D eigenvalue weighted by atomic mass is 9.84. The monoisotopic (exact) mass is 440 g/mol. The Kier molecular flexibility index (Phi) is 6.30. The van der Waals surface area contributed by atoms with Gasteiger partial charge in [0.1, 0.15) is 5.75 Å². The van der Waals surface area contributed by atoms with E-state index in [0.29, 0.717) is 22.6 Å². The quantitative estimate of drug-likeness (QED) is 0.560. The topological polar surface area (TPSA) is 77.5 Å². The second-order valence-corrected chi connectivity index (χ2v) is 7.80. The molecule has 6 nitrogen and oxygen atoms in total. The van der Waals surface area contributed by atoms with Crippen molar-refractivity contribution in [3.8, 4) is 5.75 Å². The zero-order valence-corrected chi connectivity index (χ0v) is 17.4. The predicted molar refractivity (Wildman–Crippen MR) is 115 cm³/mol. The highest BCUT2D eigenvalue weighted by molar-refractivity contribution is 6.06. The number of nitrogens with one attached hydrogen (secondary N) is 1. The summed E-state index contributed by atoms with van der Waals surface area (Å²) in [6.07, 6.45) is 2.54. The van der Waals surface area contributed by atoms with E-state index in [9.17, 15) is 18.4 Å². The highest BCUT2D eigenvalue weighted by atomic mass is 19.3. The second kappa shape index (κ2) is 9.30. The lowest BCUT2D eigenvalue weighted by molar-refractivity contribution is -0.119. The van der Waals surface area contributed by atoms with Crippen molar-refractivity contribution in [3.63, 3.8) is 0 Å². The van der Waals surface area contributed by atoms with Gasteiger partial charge in [0, 0.05) is 16.8 Å². The van der Waals surface area contributed by atoms with Crippen LogP contribution in [0.15, 0.2) is 48.5 Å². The number of carbonyl (C=O) groups is 2. The molecule has 0 fully saturated rings. The third-order valence-electron chi connectivity index (χ3n) is 5.41. The van der Waals surface area contributed by atoms with Crippen LogP contribution in [0.1, 0.15) is 35.0 Å². The molecule has 1 aliphatic rings. The van der Waals surface area contributed by atoms with Crippen LogP contribution in [0, 0.1) is 5.92 Å². The van der Waals surface area contributed by atoms with Gasteiger partial charge in [0.05, 0.1) is 11.1 Å². The van der Waals surface area contributed by atoms with Crippen LogP contribution in [0.5, 0.6) is 5.75 Å². The van der Waals surface area contributed by atoms with Crippen LogP contribution in [0.2, 0.25) is 0 Å². The highest BCUT2D eigenvalue weighted by Crippen LogP contribution is 2.32. The van der Waals surface area contributed by atoms with E-state index in [1.165, 1.54) is 24.3 Å². The second-order valence-electron chi connectivity index (χ2n) is 7.80.